The summed E-state index contributed by atoms with van der Waals surface area (Å²) in [5.74, 6) is -1.97. The Morgan fingerprint density at radius 1 is 1.45 bits per heavy atom. The molecule has 4 N–H and O–H groups in total. The molecule has 0 aromatic rings. The third-order valence-corrected chi connectivity index (χ3v) is 3.03. The van der Waals surface area contributed by atoms with Gasteiger partial charge in [-0.05, 0) is 0 Å². The van der Waals surface area contributed by atoms with E-state index in [2.05, 4.69) is 0 Å². The standard InChI is InChI=1S/C5H9NO4Se/c6-3(5(9)10)1-11-2-4(7)8/h3H,1-2,6H2,(H,7,8)(H,9,10). The van der Waals surface area contributed by atoms with E-state index in [0.717, 1.165) is 0 Å². The predicted molar refractivity (Wildman–Crippen MR) is 38.6 cm³/mol. The average Bonchev–Trinajstić information content (AvgIpc) is 1.86. The van der Waals surface area contributed by atoms with E-state index in [-0.39, 0.29) is 25.6 Å². The Balaban J connectivity index is 3.39. The van der Waals surface area contributed by atoms with E-state index in [1.807, 2.05) is 0 Å². The van der Waals surface area contributed by atoms with Crippen molar-refractivity contribution in [2.24, 2.45) is 5.73 Å². The number of carboxylic acid groups (broad SMARTS) is 2. The number of carbonyl (C=O) groups is 2. The molecule has 0 fully saturated rings. The molecule has 11 heavy (non-hydrogen) atoms. The first-order valence-electron chi connectivity index (χ1n) is 2.82. The molecule has 0 aliphatic rings. The first-order chi connectivity index (χ1) is 5.04. The topological polar surface area (TPSA) is 101 Å². The van der Waals surface area contributed by atoms with Crippen LogP contribution < -0.4 is 5.73 Å². The van der Waals surface area contributed by atoms with Gasteiger partial charge in [0.05, 0.1) is 0 Å². The van der Waals surface area contributed by atoms with E-state index >= 15 is 0 Å². The third kappa shape index (κ3) is 5.84. The molecule has 0 rings (SSSR count). The van der Waals surface area contributed by atoms with Crippen molar-refractivity contribution in [3.05, 3.63) is 0 Å². The van der Waals surface area contributed by atoms with Crippen molar-refractivity contribution in [3.8, 4) is 0 Å². The van der Waals surface area contributed by atoms with Gasteiger partial charge in [-0.15, -0.1) is 0 Å². The second kappa shape index (κ2) is 5.12. The summed E-state index contributed by atoms with van der Waals surface area (Å²) in [5, 5.41) is 16.8. The Morgan fingerprint density at radius 3 is 2.36 bits per heavy atom. The summed E-state index contributed by atoms with van der Waals surface area (Å²) in [4.78, 5) is 20.1. The summed E-state index contributed by atoms with van der Waals surface area (Å²) in [6.45, 7) is 0. The van der Waals surface area contributed by atoms with E-state index in [4.69, 9.17) is 15.9 Å². The van der Waals surface area contributed by atoms with Gasteiger partial charge in [-0.25, -0.2) is 0 Å². The van der Waals surface area contributed by atoms with Gasteiger partial charge in [-0.2, -0.15) is 0 Å². The maximum atomic E-state index is 10.1. The van der Waals surface area contributed by atoms with Crippen molar-refractivity contribution < 1.29 is 19.8 Å². The molecule has 1 unspecified atom stereocenters. The fraction of sp³-hybridized carbons (Fsp3) is 0.600. The van der Waals surface area contributed by atoms with Crippen LogP contribution >= 0.6 is 0 Å². The molecule has 1 atom stereocenters. The van der Waals surface area contributed by atoms with Gasteiger partial charge in [0.1, 0.15) is 0 Å². The molecular weight excluding hydrogens is 217 g/mol. The van der Waals surface area contributed by atoms with Gasteiger partial charge in [0.2, 0.25) is 0 Å². The van der Waals surface area contributed by atoms with Crippen LogP contribution in [0.3, 0.4) is 0 Å². The van der Waals surface area contributed by atoms with Gasteiger partial charge < -0.3 is 0 Å². The van der Waals surface area contributed by atoms with Crippen molar-refractivity contribution in [2.45, 2.75) is 16.7 Å². The van der Waals surface area contributed by atoms with Crippen LogP contribution in [-0.4, -0.2) is 43.2 Å². The average molecular weight is 226 g/mol. The SMILES string of the molecule is NC(C[Se]CC(=O)O)C(=O)O. The summed E-state index contributed by atoms with van der Waals surface area (Å²) >= 11 is -0.205. The Kier molecular flexibility index (Phi) is 4.85. The zero-order valence-electron chi connectivity index (χ0n) is 5.69. The Morgan fingerprint density at radius 2 is 2.00 bits per heavy atom. The zero-order chi connectivity index (χ0) is 8.85. The third-order valence-electron chi connectivity index (χ3n) is 0.840. The monoisotopic (exact) mass is 227 g/mol. The number of carboxylic acids is 2. The van der Waals surface area contributed by atoms with Crippen molar-refractivity contribution in [1.29, 1.82) is 0 Å². The van der Waals surface area contributed by atoms with Crippen molar-refractivity contribution >= 4 is 26.9 Å². The van der Waals surface area contributed by atoms with Gasteiger partial charge >= 0.3 is 69.1 Å². The van der Waals surface area contributed by atoms with Crippen LogP contribution in [0.1, 0.15) is 0 Å². The second-order valence-corrected chi connectivity index (χ2v) is 4.02. The molecule has 0 spiro atoms. The number of nitrogens with two attached hydrogens (primary N) is 1. The molecular formula is C5H9NO4Se. The fourth-order valence-electron chi connectivity index (χ4n) is 0.344. The number of hydrogen-bond donors (Lipinski definition) is 3. The van der Waals surface area contributed by atoms with Crippen LogP contribution in [0.2, 0.25) is 10.6 Å². The van der Waals surface area contributed by atoms with Gasteiger partial charge in [-0.3, -0.25) is 0 Å². The molecule has 0 saturated carbocycles. The van der Waals surface area contributed by atoms with Crippen LogP contribution in [0.15, 0.2) is 0 Å². The molecule has 64 valence electrons. The normalized spacial score (nSPS) is 12.5. The van der Waals surface area contributed by atoms with Crippen LogP contribution in [-0.2, 0) is 9.59 Å². The minimum absolute atomic E-state index is 0.0357. The summed E-state index contributed by atoms with van der Waals surface area (Å²) in [6.07, 6.45) is 0. The maximum absolute atomic E-state index is 10.1. The number of aliphatic carboxylic acids is 2. The molecule has 0 amide bonds. The molecule has 0 heterocycles. The second-order valence-electron chi connectivity index (χ2n) is 1.85. The van der Waals surface area contributed by atoms with Crippen LogP contribution in [0, 0.1) is 0 Å². The van der Waals surface area contributed by atoms with Crippen LogP contribution in [0.4, 0.5) is 0 Å². The molecule has 6 heteroatoms. The molecule has 0 bridgehead atoms. The van der Waals surface area contributed by atoms with E-state index in [9.17, 15) is 9.59 Å². The van der Waals surface area contributed by atoms with E-state index in [1.165, 1.54) is 0 Å². The summed E-state index contributed by atoms with van der Waals surface area (Å²) in [7, 11) is 0. The molecule has 0 aliphatic heterocycles. The molecule has 0 radical (unpaired) electrons. The minimum atomic E-state index is -1.07. The molecule has 0 aromatic heterocycles. The van der Waals surface area contributed by atoms with Crippen molar-refractivity contribution in [2.75, 3.05) is 0 Å². The van der Waals surface area contributed by atoms with E-state index < -0.39 is 18.0 Å². The zero-order valence-corrected chi connectivity index (χ0v) is 7.40. The van der Waals surface area contributed by atoms with Crippen LogP contribution in [0.5, 0.6) is 0 Å². The van der Waals surface area contributed by atoms with Gasteiger partial charge in [0.15, 0.2) is 0 Å². The molecule has 0 saturated heterocycles. The Bertz CT molecular complexity index is 161. The van der Waals surface area contributed by atoms with Crippen LogP contribution in [0.25, 0.3) is 0 Å². The molecule has 0 aromatic carbocycles. The van der Waals surface area contributed by atoms with Crippen molar-refractivity contribution in [1.82, 2.24) is 0 Å². The Hall–Kier alpha value is -0.581. The summed E-state index contributed by atoms with van der Waals surface area (Å²) in [5.41, 5.74) is 5.13. The van der Waals surface area contributed by atoms with Gasteiger partial charge in [0, 0.05) is 0 Å². The number of hydrogen-bond acceptors (Lipinski definition) is 3. The predicted octanol–water partition coefficient (Wildman–Crippen LogP) is -0.976. The first kappa shape index (κ1) is 10.4. The Labute approximate surface area is 69.7 Å². The molecule has 0 aliphatic carbocycles. The van der Waals surface area contributed by atoms with E-state index in [1.54, 1.807) is 0 Å². The van der Waals surface area contributed by atoms with Crippen molar-refractivity contribution in [3.63, 3.8) is 0 Å². The quantitative estimate of drug-likeness (QED) is 0.523. The summed E-state index contributed by atoms with van der Waals surface area (Å²) in [6, 6.07) is -0.908. The number of rotatable bonds is 5. The van der Waals surface area contributed by atoms with E-state index in [0.29, 0.717) is 0 Å². The van der Waals surface area contributed by atoms with Gasteiger partial charge in [-0.1, -0.05) is 0 Å². The first-order valence-corrected chi connectivity index (χ1v) is 5.24. The molecule has 5 nitrogen and oxygen atoms in total. The fourth-order valence-corrected chi connectivity index (χ4v) is 1.79. The summed E-state index contributed by atoms with van der Waals surface area (Å²) < 4.78 is 0. The van der Waals surface area contributed by atoms with Gasteiger partial charge in [0.25, 0.3) is 0 Å².